The number of alkyl halides is 8. The summed E-state index contributed by atoms with van der Waals surface area (Å²) in [5, 5.41) is 41.1. The van der Waals surface area contributed by atoms with Gasteiger partial charge in [0.25, 0.3) is 10.1 Å². The minimum Gasteiger partial charge on any atom is -0.502 e. The van der Waals surface area contributed by atoms with Crippen LogP contribution < -0.4 is 15.9 Å². The van der Waals surface area contributed by atoms with Gasteiger partial charge in [-0.3, -0.25) is 4.55 Å². The first-order valence-electron chi connectivity index (χ1n) is 46.9. The van der Waals surface area contributed by atoms with Crippen molar-refractivity contribution in [3.05, 3.63) is 146 Å². The SMILES string of the molecule is BrC(Br)(Br)Br.BrCCCC#CCCCBr.BrCCCOC1CCCCO1.C.C.C.C.C.C.C#CCCCO.C#CCCCOC1CCCCO1.C(#CCCCOC1CCCCO1)CCCOC1CCCCO1.C1=COCCC1.C1=COCCC1.C1CCOC1.Cc1ccc(S(=O)(=O)O)cc1.OCCCBr.OCCCC#CCCCO.[3H][P+](P)=S.[3H][P+](P)=S.c1ccc(P(c2ccccc2)c2ccccc2)cc1. The molecule has 5 saturated heterocycles. The molecule has 8 unspecified atom stereocenters. The Morgan fingerprint density at radius 1 is 0.414 bits per heavy atom. The zero-order valence-corrected chi connectivity index (χ0v) is 98.8. The molecule has 11 rings (SSSR count). The Morgan fingerprint density at radius 2 is 0.679 bits per heavy atom. The van der Waals surface area contributed by atoms with E-state index >= 15 is 0 Å². The third-order valence-electron chi connectivity index (χ3n) is 17.2. The van der Waals surface area contributed by atoms with Crippen LogP contribution in [0.1, 0.15) is 281 Å². The van der Waals surface area contributed by atoms with Crippen LogP contribution in [0, 0.1) is 67.1 Å². The molecule has 18 nitrogen and oxygen atoms in total. The molecule has 0 radical (unpaired) electrons. The summed E-state index contributed by atoms with van der Waals surface area (Å²) in [6.45, 7) is 11.3. The van der Waals surface area contributed by atoms with Crippen LogP contribution in [0.25, 0.3) is 0 Å². The van der Waals surface area contributed by atoms with Crippen LogP contribution in [0.2, 0.25) is 0 Å². The highest BCUT2D eigenvalue weighted by molar-refractivity contribution is 9.52. The minimum absolute atomic E-state index is 0. The summed E-state index contributed by atoms with van der Waals surface area (Å²) in [7, 11) is -0.0582. The van der Waals surface area contributed by atoms with E-state index in [-0.39, 0.29) is 95.5 Å². The molecule has 0 aromatic heterocycles. The van der Waals surface area contributed by atoms with Gasteiger partial charge in [0.1, 0.15) is 0 Å². The number of aliphatic hydroxyl groups is 4. The van der Waals surface area contributed by atoms with Gasteiger partial charge in [0, 0.05) is 139 Å². The molecule has 8 atom stereocenters. The summed E-state index contributed by atoms with van der Waals surface area (Å²) in [6, 6.07) is 38.3. The van der Waals surface area contributed by atoms with Gasteiger partial charge in [0.2, 0.25) is 0 Å². The predicted octanol–water partition coefficient (Wildman–Crippen LogP) is 29.9. The van der Waals surface area contributed by atoms with Gasteiger partial charge in [-0.15, -0.1) is 60.2 Å². The third kappa shape index (κ3) is 124. The van der Waals surface area contributed by atoms with Crippen molar-refractivity contribution in [2.75, 3.05) is 127 Å². The summed E-state index contributed by atoms with van der Waals surface area (Å²) in [5.74, 6) is 23.4. The maximum absolute atomic E-state index is 10.5. The average Bonchev–Trinajstić information content (AvgIpc) is 0.940. The number of aliphatic hydroxyl groups excluding tert-OH is 4. The molecule has 0 aliphatic carbocycles. The topological polar surface area (TPSA) is 237 Å². The maximum atomic E-state index is 10.5. The van der Waals surface area contributed by atoms with E-state index in [9.17, 15) is 8.42 Å². The molecule has 34 heteroatoms. The highest BCUT2D eigenvalue weighted by Crippen LogP contribution is 2.39. The summed E-state index contributed by atoms with van der Waals surface area (Å²) in [6.07, 6.45) is 55.2. The summed E-state index contributed by atoms with van der Waals surface area (Å²) in [4.78, 5) is -0.0666. The molecule has 4 aromatic rings. The van der Waals surface area contributed by atoms with Crippen LogP contribution in [-0.2, 0) is 85.8 Å². The van der Waals surface area contributed by atoms with E-state index in [0.717, 1.165) is 228 Å². The van der Waals surface area contributed by atoms with E-state index in [1.54, 1.807) is 24.7 Å². The van der Waals surface area contributed by atoms with E-state index in [0.29, 0.717) is 13.0 Å². The van der Waals surface area contributed by atoms with Crippen LogP contribution in [0.5, 0.6) is 0 Å². The standard InChI is InChI=1S/C18H30O4.C18H15P.C10H16O2.C8H12Br2.C8H15BrO2.C8H14O2.C7H8O3S.3C5H8O.C4H8O.C3H7BrO.CBr4.6CH4.2H2P2S/c1(3-7-13-19-17-11-5-9-15-21-17)2-4-8-14-20-18-12-6-10-16-22-18;1-4-10-16(11-5-1)19(17-12-6-2-7-13-17)18-14-8-3-9-15-18;1-2-3-5-8-11-10-7-4-6-9-12-10;9-7-5-3-1-2-4-6-8-10;9-5-3-7-11-8-4-1-2-6-10-8;9-7-5-3-1-2-4-6-8-10;1-6-2-4-7(5-3-6)11(8,9)10;2*1-2-4-6-5-3-1;1-2-3-4-5-6;1-2-4-5-3-1;4-2-1-3-5;2-1(3,4)5;;;;;;;2*1-2-3/h17-18H,3-16H2;1-15H;1,10H,3-9H2;3-8H2;8H,1-7H2;9-10H,3-8H2;2-5H,1H3,(H,8,9,10);2*2,4H,1,3,5H2;1,6H,3-5H2;1-4H2;5H,1-3H2;;6*1H4;2*1H2/p+2/i/hT2. The molecule has 0 spiro atoms. The molecule has 808 valence electrons. The van der Waals surface area contributed by atoms with E-state index in [1.807, 2.05) is 19.1 Å². The highest BCUT2D eigenvalue weighted by atomic mass is 80.0. The average molecular weight is 2640 g/mol. The molecule has 4 aromatic carbocycles. The Kier molecular flexibility index (Phi) is 144. The van der Waals surface area contributed by atoms with Crippen LogP contribution in [0.15, 0.2) is 145 Å². The van der Waals surface area contributed by atoms with E-state index in [2.05, 4.69) is 307 Å². The normalized spacial score (nSPS) is 15.8. The second-order valence-corrected chi connectivity index (χ2v) is 52.1. The Hall–Kier alpha value is -0.680. The lowest BCUT2D eigenvalue weighted by Gasteiger charge is -2.22. The number of hydrogen-bond donors (Lipinski definition) is 5. The zero-order chi connectivity index (χ0) is 101. The number of ether oxygens (including phenoxy) is 11. The van der Waals surface area contributed by atoms with Crippen LogP contribution in [-0.4, -0.2) is 189 Å². The maximum Gasteiger partial charge on any atom is 0.355 e. The zero-order valence-electron chi connectivity index (χ0n) is 80.6. The smallest absolute Gasteiger partial charge is 0.355 e. The van der Waals surface area contributed by atoms with Gasteiger partial charge in [0.15, 0.2) is 63.8 Å². The Morgan fingerprint density at radius 3 is 0.886 bits per heavy atom. The van der Waals surface area contributed by atoms with Crippen molar-refractivity contribution >= 4 is 217 Å². The van der Waals surface area contributed by atoms with Crippen molar-refractivity contribution in [2.24, 2.45) is 0 Å². The second-order valence-electron chi connectivity index (χ2n) is 28.7. The lowest BCUT2D eigenvalue weighted by atomic mass is 10.2. The lowest BCUT2D eigenvalue weighted by molar-refractivity contribution is -0.162. The third-order valence-corrected chi connectivity index (χ3v) is 22.7. The molecular formula is C106H179Br8O18P5S3+2. The quantitative estimate of drug-likeness (QED) is 0.0100. The van der Waals surface area contributed by atoms with E-state index in [4.69, 9.17) is 92.5 Å². The fourth-order valence-electron chi connectivity index (χ4n) is 10.6. The van der Waals surface area contributed by atoms with Crippen LogP contribution >= 0.6 is 167 Å². The second kappa shape index (κ2) is 131. The number of hydrogen-bond acceptors (Lipinski definition) is 19. The van der Waals surface area contributed by atoms with E-state index < -0.39 is 32.0 Å². The number of allylic oxidation sites excluding steroid dienone is 2. The van der Waals surface area contributed by atoms with Crippen LogP contribution in [0.4, 0.5) is 0 Å². The number of terminal acetylenes is 2. The number of aryl methyl sites for hydroxylation is 1. The van der Waals surface area contributed by atoms with Crippen molar-refractivity contribution in [1.29, 1.82) is 2.56 Å². The highest BCUT2D eigenvalue weighted by Gasteiger charge is 2.19. The van der Waals surface area contributed by atoms with Gasteiger partial charge in [0.05, 0.1) is 74.9 Å². The number of halogens is 8. The first-order chi connectivity index (χ1) is 65.9. The van der Waals surface area contributed by atoms with Crippen molar-refractivity contribution in [1.82, 2.24) is 0 Å². The molecule has 0 bridgehead atoms. The van der Waals surface area contributed by atoms with Gasteiger partial charge < -0.3 is 72.5 Å². The summed E-state index contributed by atoms with van der Waals surface area (Å²) in [5.41, 5.74) is 0.956. The predicted molar refractivity (Wildman–Crippen MR) is 650 cm³/mol. The fraction of sp³-hybridized carbons (Fsp3) is 0.642. The number of benzene rings is 4. The first-order valence-corrected chi connectivity index (χ1v) is 63.5. The van der Waals surface area contributed by atoms with E-state index in [1.165, 1.54) is 131 Å². The molecule has 0 saturated carbocycles. The largest absolute Gasteiger partial charge is 0.502 e. The summed E-state index contributed by atoms with van der Waals surface area (Å²) >= 11 is 34.3. The fourth-order valence-corrected chi connectivity index (χ4v) is 14.4. The molecule has 140 heavy (non-hydrogen) atoms. The van der Waals surface area contributed by atoms with Gasteiger partial charge in [-0.2, -0.15) is 8.42 Å². The first kappa shape index (κ1) is 155. The van der Waals surface area contributed by atoms with Crippen molar-refractivity contribution in [3.63, 3.8) is 0 Å². The van der Waals surface area contributed by atoms with Gasteiger partial charge >= 0.3 is 2.56 Å². The van der Waals surface area contributed by atoms with Crippen LogP contribution in [0.3, 0.4) is 0 Å². The van der Waals surface area contributed by atoms with Gasteiger partial charge in [-0.25, -0.2) is 0 Å². The molecular weight excluding hydrogens is 2450 g/mol. The number of unbranched alkanes of at least 4 members (excludes halogenated alkanes) is 8. The molecule has 5 fully saturated rings. The Balaban J connectivity index is -0.000000169. The van der Waals surface area contributed by atoms with Crippen molar-refractivity contribution in [2.45, 2.75) is 314 Å². The summed E-state index contributed by atoms with van der Waals surface area (Å²) < 4.78 is 101. The van der Waals surface area contributed by atoms with Gasteiger partial charge in [-0.1, -0.05) is 217 Å². The van der Waals surface area contributed by atoms with Gasteiger partial charge in [-0.05, 0) is 299 Å². The minimum atomic E-state index is -4.02. The Bertz CT molecular complexity index is 3510. The molecule has 7 aliphatic rings. The Labute approximate surface area is 942 Å². The van der Waals surface area contributed by atoms with Crippen molar-refractivity contribution < 1.29 is 85.5 Å². The lowest BCUT2D eigenvalue weighted by Crippen LogP contribution is -2.22. The molecule has 5 N–H and O–H groups in total. The van der Waals surface area contributed by atoms with Crippen molar-refractivity contribution in [3.8, 4) is 60.2 Å². The monoisotopic (exact) mass is 2630 g/mol. The molecule has 7 heterocycles. The molecule has 7 aliphatic heterocycles. The molecule has 0 amide bonds. The number of rotatable bonds is 32.